The highest BCUT2D eigenvalue weighted by atomic mass is 16.5. The van der Waals surface area contributed by atoms with Crippen molar-refractivity contribution in [1.29, 1.82) is 5.26 Å². The lowest BCUT2D eigenvalue weighted by atomic mass is 9.83. The molecule has 7 rings (SSSR count). The molecule has 2 fully saturated rings. The van der Waals surface area contributed by atoms with Crippen LogP contribution in [0.15, 0.2) is 72.8 Å². The third kappa shape index (κ3) is 5.67. The van der Waals surface area contributed by atoms with Gasteiger partial charge in [0.05, 0.1) is 36.9 Å². The summed E-state index contributed by atoms with van der Waals surface area (Å²) < 4.78 is 6.28. The van der Waals surface area contributed by atoms with Gasteiger partial charge < -0.3 is 25.4 Å². The van der Waals surface area contributed by atoms with Crippen molar-refractivity contribution in [3.05, 3.63) is 89.6 Å². The molecule has 0 unspecified atom stereocenters. The molecule has 0 bridgehead atoms. The molecule has 1 aromatic heterocycles. The van der Waals surface area contributed by atoms with Gasteiger partial charge in [-0.1, -0.05) is 66.7 Å². The molecule has 236 valence electrons. The Bertz CT molecular complexity index is 1780. The zero-order valence-electron chi connectivity index (χ0n) is 25.9. The number of benzene rings is 3. The van der Waals surface area contributed by atoms with Gasteiger partial charge in [0, 0.05) is 54.8 Å². The quantitative estimate of drug-likeness (QED) is 0.266. The van der Waals surface area contributed by atoms with Crippen LogP contribution in [0.1, 0.15) is 36.1 Å². The molecule has 3 aliphatic rings. The molecule has 0 radical (unpaired) electrons. The van der Waals surface area contributed by atoms with E-state index in [0.717, 1.165) is 54.1 Å². The Morgan fingerprint density at radius 2 is 1.76 bits per heavy atom. The number of hydrogen-bond donors (Lipinski definition) is 2. The number of rotatable bonds is 9. The largest absolute Gasteiger partial charge is 0.465 e. The van der Waals surface area contributed by atoms with Gasteiger partial charge in [-0.2, -0.15) is 15.2 Å². The van der Waals surface area contributed by atoms with Crippen LogP contribution in [0.3, 0.4) is 0 Å². The van der Waals surface area contributed by atoms with E-state index < -0.39 is 11.6 Å². The number of nitrogens with two attached hydrogens (primary N) is 1. The summed E-state index contributed by atoms with van der Waals surface area (Å²) in [5.74, 6) is 0.774. The second-order valence-electron chi connectivity index (χ2n) is 13.0. The third-order valence-corrected chi connectivity index (χ3v) is 9.99. The molecule has 3 N–H and O–H groups in total. The van der Waals surface area contributed by atoms with Crippen LogP contribution in [-0.4, -0.2) is 70.9 Å². The van der Waals surface area contributed by atoms with E-state index in [1.165, 1.54) is 15.7 Å². The zero-order chi connectivity index (χ0) is 31.7. The minimum absolute atomic E-state index is 0.0147. The van der Waals surface area contributed by atoms with E-state index in [1.54, 1.807) is 0 Å². The lowest BCUT2D eigenvalue weighted by Gasteiger charge is -2.49. The predicted octanol–water partition coefficient (Wildman–Crippen LogP) is 5.01. The Hall–Kier alpha value is -4.88. The molecule has 1 saturated heterocycles. The number of piperazine rings is 1. The van der Waals surface area contributed by atoms with Gasteiger partial charge in [0.1, 0.15) is 5.82 Å². The van der Waals surface area contributed by atoms with Crippen LogP contribution in [0.25, 0.3) is 10.8 Å². The smallest absolute Gasteiger partial charge is 0.407 e. The van der Waals surface area contributed by atoms with Gasteiger partial charge in [-0.05, 0) is 42.7 Å². The van der Waals surface area contributed by atoms with E-state index in [-0.39, 0.29) is 18.4 Å². The van der Waals surface area contributed by atoms with E-state index in [1.807, 2.05) is 30.3 Å². The van der Waals surface area contributed by atoms with E-state index in [9.17, 15) is 15.2 Å². The maximum atomic E-state index is 12.6. The topological polar surface area (TPSA) is 132 Å². The third-order valence-electron chi connectivity index (χ3n) is 9.99. The van der Waals surface area contributed by atoms with Gasteiger partial charge in [-0.3, -0.25) is 4.90 Å². The number of ether oxygens (including phenoxy) is 1. The minimum Gasteiger partial charge on any atom is -0.465 e. The van der Waals surface area contributed by atoms with Gasteiger partial charge in [0.15, 0.2) is 0 Å². The Morgan fingerprint density at radius 3 is 2.52 bits per heavy atom. The van der Waals surface area contributed by atoms with E-state index in [0.29, 0.717) is 45.2 Å². The summed E-state index contributed by atoms with van der Waals surface area (Å²) >= 11 is 0. The molecule has 10 heteroatoms. The molecule has 4 aromatic rings. The summed E-state index contributed by atoms with van der Waals surface area (Å²) in [5, 5.41) is 22.7. The summed E-state index contributed by atoms with van der Waals surface area (Å²) in [7, 11) is 0. The van der Waals surface area contributed by atoms with Crippen LogP contribution in [-0.2, 0) is 19.4 Å². The number of hydrogen-bond acceptors (Lipinski definition) is 8. The van der Waals surface area contributed by atoms with Gasteiger partial charge in [0.2, 0.25) is 0 Å². The second-order valence-corrected chi connectivity index (χ2v) is 13.0. The second kappa shape index (κ2) is 12.1. The molecule has 0 spiro atoms. The summed E-state index contributed by atoms with van der Waals surface area (Å²) in [6.07, 6.45) is 2.27. The van der Waals surface area contributed by atoms with E-state index in [2.05, 4.69) is 58.3 Å². The number of amides is 1. The van der Waals surface area contributed by atoms with E-state index >= 15 is 0 Å². The Balaban J connectivity index is 1.26. The van der Waals surface area contributed by atoms with Crippen molar-refractivity contribution >= 4 is 28.4 Å². The average molecular weight is 618 g/mol. The first-order chi connectivity index (χ1) is 22.4. The molecule has 10 nitrogen and oxygen atoms in total. The fraction of sp³-hybridized carbons (Fsp3) is 0.389. The van der Waals surface area contributed by atoms with Crippen molar-refractivity contribution in [1.82, 2.24) is 14.9 Å². The van der Waals surface area contributed by atoms with Crippen molar-refractivity contribution < 1.29 is 14.6 Å². The molecular weight excluding hydrogens is 578 g/mol. The van der Waals surface area contributed by atoms with Crippen molar-refractivity contribution in [2.24, 2.45) is 11.1 Å². The van der Waals surface area contributed by atoms with Crippen molar-refractivity contribution in [2.75, 3.05) is 49.1 Å². The molecule has 3 heterocycles. The molecule has 1 aliphatic carbocycles. The fourth-order valence-electron chi connectivity index (χ4n) is 7.15. The predicted molar refractivity (Wildman–Crippen MR) is 177 cm³/mol. The Labute approximate surface area is 269 Å². The van der Waals surface area contributed by atoms with Crippen molar-refractivity contribution in [2.45, 2.75) is 44.2 Å². The molecule has 1 amide bonds. The number of carbonyl (C=O) groups is 1. The standard InChI is InChI=1S/C36H39N7O3/c37-17-16-36(21-26-7-2-1-3-8-26)24-42(19-20-43(36)34(44)45)32-29-13-18-41(31-12-6-10-27-9-4-5-11-28(27)31)22-30(29)39-33(40-32)46-25-35(23-38)14-15-35/h1-12H,13-16,18-25,38H2,(H,44,45)/t36-/m1/s1. The van der Waals surface area contributed by atoms with Crippen LogP contribution < -0.4 is 20.3 Å². The molecule has 1 atom stereocenters. The number of nitriles is 1. The summed E-state index contributed by atoms with van der Waals surface area (Å²) in [5.41, 5.74) is 9.22. The lowest BCUT2D eigenvalue weighted by Crippen LogP contribution is -2.65. The molecule has 46 heavy (non-hydrogen) atoms. The summed E-state index contributed by atoms with van der Waals surface area (Å²) in [6, 6.07) is 27.3. The highest BCUT2D eigenvalue weighted by molar-refractivity contribution is 5.94. The molecule has 1 saturated carbocycles. The Morgan fingerprint density at radius 1 is 0.978 bits per heavy atom. The normalized spacial score (nSPS) is 20.2. The van der Waals surface area contributed by atoms with Crippen LogP contribution in [0.2, 0.25) is 0 Å². The van der Waals surface area contributed by atoms with Crippen LogP contribution in [0.4, 0.5) is 16.3 Å². The van der Waals surface area contributed by atoms with Crippen LogP contribution in [0.5, 0.6) is 6.01 Å². The first kappa shape index (κ1) is 29.8. The van der Waals surface area contributed by atoms with Gasteiger partial charge in [-0.25, -0.2) is 4.79 Å². The number of aromatic nitrogens is 2. The lowest BCUT2D eigenvalue weighted by molar-refractivity contribution is 0.0668. The van der Waals surface area contributed by atoms with Gasteiger partial charge >= 0.3 is 12.1 Å². The number of fused-ring (bicyclic) bond motifs is 2. The zero-order valence-corrected chi connectivity index (χ0v) is 25.9. The summed E-state index contributed by atoms with van der Waals surface area (Å²) in [4.78, 5) is 28.6. The monoisotopic (exact) mass is 617 g/mol. The first-order valence-electron chi connectivity index (χ1n) is 16.0. The highest BCUT2D eigenvalue weighted by Gasteiger charge is 2.46. The van der Waals surface area contributed by atoms with E-state index in [4.69, 9.17) is 20.4 Å². The highest BCUT2D eigenvalue weighted by Crippen LogP contribution is 2.45. The van der Waals surface area contributed by atoms with Crippen molar-refractivity contribution in [3.8, 4) is 12.1 Å². The molecule has 3 aromatic carbocycles. The molecule has 2 aliphatic heterocycles. The average Bonchev–Trinajstić information content (AvgIpc) is 3.87. The first-order valence-corrected chi connectivity index (χ1v) is 16.0. The maximum Gasteiger partial charge on any atom is 0.407 e. The minimum atomic E-state index is -1.01. The summed E-state index contributed by atoms with van der Waals surface area (Å²) in [6.45, 7) is 3.47. The number of nitrogens with zero attached hydrogens (tertiary/aromatic N) is 6. The van der Waals surface area contributed by atoms with Gasteiger partial charge in [-0.15, -0.1) is 0 Å². The Kier molecular flexibility index (Phi) is 7.87. The SMILES string of the molecule is N#CC[C@@]1(Cc2ccccc2)CN(c2nc(OCC3(CN)CC3)nc3c2CCN(c2cccc4ccccc24)C3)CCN1C(=O)O. The van der Waals surface area contributed by atoms with Crippen molar-refractivity contribution in [3.63, 3.8) is 0 Å². The van der Waals surface area contributed by atoms with Crippen LogP contribution in [0, 0.1) is 16.7 Å². The fourth-order valence-corrected chi connectivity index (χ4v) is 7.15. The maximum absolute atomic E-state index is 12.6. The number of anilines is 2. The van der Waals surface area contributed by atoms with Gasteiger partial charge in [0.25, 0.3) is 0 Å². The number of carboxylic acid groups (broad SMARTS) is 1. The van der Waals surface area contributed by atoms with Crippen LogP contribution >= 0.6 is 0 Å². The molecular formula is C36H39N7O3.